The summed E-state index contributed by atoms with van der Waals surface area (Å²) in [5.74, 6) is -1.52. The summed E-state index contributed by atoms with van der Waals surface area (Å²) in [6, 6.07) is 0. The van der Waals surface area contributed by atoms with Crippen molar-refractivity contribution in [1.82, 2.24) is 0 Å². The van der Waals surface area contributed by atoms with Gasteiger partial charge in [0.1, 0.15) is 0 Å². The van der Waals surface area contributed by atoms with Crippen LogP contribution in [0.3, 0.4) is 0 Å². The summed E-state index contributed by atoms with van der Waals surface area (Å²) in [4.78, 5) is 31.2. The number of esters is 3. The molecule has 0 radical (unpaired) electrons. The van der Waals surface area contributed by atoms with Gasteiger partial charge in [0.2, 0.25) is 0 Å². The molecule has 0 aliphatic carbocycles. The quantitative estimate of drug-likeness (QED) is 0.425. The molecule has 6 heteroatoms. The number of carbonyl (C=O) groups excluding carboxylic acids is 3. The molecule has 0 spiro atoms. The Morgan fingerprint density at radius 2 is 1.33 bits per heavy atom. The van der Waals surface area contributed by atoms with Gasteiger partial charge in [-0.3, -0.25) is 0 Å². The minimum Gasteiger partial charge on any atom is -0.466 e. The van der Waals surface area contributed by atoms with Crippen LogP contribution in [0.5, 0.6) is 0 Å². The highest BCUT2D eigenvalue weighted by Crippen LogP contribution is 1.91. The van der Waals surface area contributed by atoms with Crippen LogP contribution in [0.1, 0.15) is 13.8 Å². The van der Waals surface area contributed by atoms with E-state index in [2.05, 4.69) is 27.4 Å². The topological polar surface area (TPSA) is 78.9 Å². The van der Waals surface area contributed by atoms with Gasteiger partial charge in [0.25, 0.3) is 0 Å². The van der Waals surface area contributed by atoms with Crippen molar-refractivity contribution in [1.29, 1.82) is 0 Å². The van der Waals surface area contributed by atoms with E-state index in [9.17, 15) is 14.4 Å². The summed E-state index contributed by atoms with van der Waals surface area (Å²) in [5.41, 5.74) is 0.691. The molecular weight excluding hydrogens is 240 g/mol. The van der Waals surface area contributed by atoms with Crippen LogP contribution in [0.25, 0.3) is 0 Å². The van der Waals surface area contributed by atoms with Crippen LogP contribution in [-0.4, -0.2) is 38.7 Å². The zero-order valence-electron chi connectivity index (χ0n) is 11.1. The summed E-state index contributed by atoms with van der Waals surface area (Å²) in [6.07, 6.45) is 0. The Morgan fingerprint density at radius 3 is 1.56 bits per heavy atom. The van der Waals surface area contributed by atoms with Crippen LogP contribution < -0.4 is 0 Å². The summed E-state index contributed by atoms with van der Waals surface area (Å²) < 4.78 is 13.0. The molecule has 6 nitrogen and oxygen atoms in total. The lowest BCUT2D eigenvalue weighted by molar-refractivity contribution is -0.154. The van der Waals surface area contributed by atoms with E-state index in [0.29, 0.717) is 5.57 Å². The fraction of sp³-hybridized carbons (Fsp3) is 0.417. The van der Waals surface area contributed by atoms with Crippen molar-refractivity contribution in [3.63, 3.8) is 0 Å². The van der Waals surface area contributed by atoms with Gasteiger partial charge in [0.15, 0.2) is 6.61 Å². The molecule has 0 fully saturated rings. The fourth-order valence-corrected chi connectivity index (χ4v) is 0.481. The molecule has 0 N–H and O–H groups in total. The molecule has 0 saturated heterocycles. The number of methoxy groups -OCH3 is 2. The predicted octanol–water partition coefficient (Wildman–Crippen LogP) is 1.01. The summed E-state index contributed by atoms with van der Waals surface area (Å²) in [6.45, 7) is 9.43. The summed E-state index contributed by atoms with van der Waals surface area (Å²) in [7, 11) is 2.55. The highest BCUT2D eigenvalue weighted by Gasteiger charge is 2.06. The average molecular weight is 258 g/mol. The van der Waals surface area contributed by atoms with Gasteiger partial charge in [-0.15, -0.1) is 0 Å². The number of hydrogen-bond donors (Lipinski definition) is 0. The standard InChI is InChI=1S/C7H10O4.C5H8O2/c1-5(2)7(9)11-4-6(8)10-3;1-4(2)5(6)7-3/h1,4H2,2-3H3;1H2,2-3H3. The molecule has 0 atom stereocenters. The van der Waals surface area contributed by atoms with Gasteiger partial charge in [-0.1, -0.05) is 13.2 Å². The Kier molecular flexibility index (Phi) is 10.2. The van der Waals surface area contributed by atoms with Gasteiger partial charge < -0.3 is 14.2 Å². The van der Waals surface area contributed by atoms with Crippen LogP contribution in [0.4, 0.5) is 0 Å². The summed E-state index contributed by atoms with van der Waals surface area (Å²) >= 11 is 0. The van der Waals surface area contributed by atoms with Crippen LogP contribution in [0.15, 0.2) is 24.3 Å². The first-order chi connectivity index (χ1) is 8.26. The highest BCUT2D eigenvalue weighted by molar-refractivity contribution is 5.88. The molecule has 0 aromatic heterocycles. The Bertz CT molecular complexity index is 342. The highest BCUT2D eigenvalue weighted by atomic mass is 16.6. The molecule has 0 saturated carbocycles. The van der Waals surface area contributed by atoms with E-state index in [4.69, 9.17) is 0 Å². The van der Waals surface area contributed by atoms with Crippen molar-refractivity contribution in [3.8, 4) is 0 Å². The van der Waals surface area contributed by atoms with Gasteiger partial charge in [0, 0.05) is 11.1 Å². The zero-order chi connectivity index (χ0) is 14.7. The van der Waals surface area contributed by atoms with Crippen molar-refractivity contribution in [2.75, 3.05) is 20.8 Å². The van der Waals surface area contributed by atoms with E-state index >= 15 is 0 Å². The number of hydrogen-bond acceptors (Lipinski definition) is 6. The SMILES string of the molecule is C=C(C)C(=O)OC.C=C(C)C(=O)OCC(=O)OC. The maximum Gasteiger partial charge on any atom is 0.344 e. The second-order valence-electron chi connectivity index (χ2n) is 3.20. The molecule has 0 amide bonds. The lowest BCUT2D eigenvalue weighted by Gasteiger charge is -2.01. The molecule has 0 heterocycles. The second kappa shape index (κ2) is 10.1. The minimum absolute atomic E-state index is 0.258. The number of ether oxygens (including phenoxy) is 3. The first kappa shape index (κ1) is 18.3. The third-order valence-corrected chi connectivity index (χ3v) is 1.43. The average Bonchev–Trinajstić information content (AvgIpc) is 2.34. The predicted molar refractivity (Wildman–Crippen MR) is 64.6 cm³/mol. The van der Waals surface area contributed by atoms with Crippen LogP contribution in [-0.2, 0) is 28.6 Å². The van der Waals surface area contributed by atoms with Crippen LogP contribution in [0, 0.1) is 0 Å². The molecular formula is C12H18O6. The Morgan fingerprint density at radius 1 is 0.889 bits per heavy atom. The van der Waals surface area contributed by atoms with Gasteiger partial charge in [0.05, 0.1) is 14.2 Å². The molecule has 0 bridgehead atoms. The number of carbonyl (C=O) groups is 3. The molecule has 0 rings (SSSR count). The monoisotopic (exact) mass is 258 g/mol. The smallest absolute Gasteiger partial charge is 0.344 e. The van der Waals surface area contributed by atoms with Crippen molar-refractivity contribution in [2.24, 2.45) is 0 Å². The lowest BCUT2D eigenvalue weighted by Crippen LogP contribution is -2.15. The number of rotatable bonds is 4. The normalized spacial score (nSPS) is 8.22. The van der Waals surface area contributed by atoms with Crippen LogP contribution >= 0.6 is 0 Å². The lowest BCUT2D eigenvalue weighted by atomic mass is 10.4. The first-order valence-electron chi connectivity index (χ1n) is 4.89. The van der Waals surface area contributed by atoms with E-state index in [0.717, 1.165) is 0 Å². The first-order valence-corrected chi connectivity index (χ1v) is 4.89. The molecule has 0 aliphatic rings. The van der Waals surface area contributed by atoms with Crippen molar-refractivity contribution in [3.05, 3.63) is 24.3 Å². The van der Waals surface area contributed by atoms with Crippen molar-refractivity contribution in [2.45, 2.75) is 13.8 Å². The van der Waals surface area contributed by atoms with Gasteiger partial charge in [-0.25, -0.2) is 14.4 Å². The van der Waals surface area contributed by atoms with Gasteiger partial charge in [-0.2, -0.15) is 0 Å². The zero-order valence-corrected chi connectivity index (χ0v) is 11.1. The van der Waals surface area contributed by atoms with E-state index in [1.165, 1.54) is 21.1 Å². The summed E-state index contributed by atoms with van der Waals surface area (Å²) in [5, 5.41) is 0. The van der Waals surface area contributed by atoms with Crippen molar-refractivity contribution >= 4 is 17.9 Å². The maximum atomic E-state index is 10.6. The molecule has 0 aromatic carbocycles. The van der Waals surface area contributed by atoms with Crippen molar-refractivity contribution < 1.29 is 28.6 Å². The Labute approximate surface area is 106 Å². The Hall–Kier alpha value is -2.11. The van der Waals surface area contributed by atoms with E-state index in [1.54, 1.807) is 6.92 Å². The molecule has 0 unspecified atom stereocenters. The molecule has 0 aromatic rings. The molecule has 18 heavy (non-hydrogen) atoms. The maximum absolute atomic E-state index is 10.6. The minimum atomic E-state index is -0.588. The molecule has 102 valence electrons. The Balaban J connectivity index is 0. The largest absolute Gasteiger partial charge is 0.466 e. The molecule has 0 aliphatic heterocycles. The fourth-order valence-electron chi connectivity index (χ4n) is 0.481. The van der Waals surface area contributed by atoms with Gasteiger partial charge >= 0.3 is 17.9 Å². The van der Waals surface area contributed by atoms with E-state index in [1.807, 2.05) is 0 Å². The van der Waals surface area contributed by atoms with E-state index in [-0.39, 0.29) is 18.1 Å². The third-order valence-electron chi connectivity index (χ3n) is 1.43. The van der Waals surface area contributed by atoms with Crippen LogP contribution in [0.2, 0.25) is 0 Å². The second-order valence-corrected chi connectivity index (χ2v) is 3.20. The van der Waals surface area contributed by atoms with Gasteiger partial charge in [-0.05, 0) is 13.8 Å². The van der Waals surface area contributed by atoms with E-state index < -0.39 is 11.9 Å². The third kappa shape index (κ3) is 10.4.